The van der Waals surface area contributed by atoms with E-state index in [4.69, 9.17) is 0 Å². The van der Waals surface area contributed by atoms with Crippen molar-refractivity contribution >= 4 is 5.78 Å². The largest absolute Gasteiger partial charge is 0.298 e. The third-order valence-corrected chi connectivity index (χ3v) is 3.75. The number of allylic oxidation sites excluding steroid dienone is 1. The first-order valence-electron chi connectivity index (χ1n) is 6.10. The van der Waals surface area contributed by atoms with E-state index < -0.39 is 0 Å². The van der Waals surface area contributed by atoms with Gasteiger partial charge in [-0.15, -0.1) is 0 Å². The molecule has 2 nitrogen and oxygen atoms in total. The van der Waals surface area contributed by atoms with Crippen molar-refractivity contribution in [3.05, 3.63) is 12.2 Å². The van der Waals surface area contributed by atoms with Gasteiger partial charge in [-0.25, -0.2) is 0 Å². The van der Waals surface area contributed by atoms with Crippen molar-refractivity contribution in [1.29, 1.82) is 0 Å². The van der Waals surface area contributed by atoms with E-state index in [2.05, 4.69) is 4.90 Å². The Bertz CT molecular complexity index is 256. The summed E-state index contributed by atoms with van der Waals surface area (Å²) in [5.41, 5.74) is 0.669. The molecule has 0 radical (unpaired) electrons. The van der Waals surface area contributed by atoms with E-state index in [1.165, 1.54) is 45.2 Å². The van der Waals surface area contributed by atoms with Crippen LogP contribution in [-0.4, -0.2) is 30.3 Å². The molecule has 1 saturated heterocycles. The van der Waals surface area contributed by atoms with Gasteiger partial charge < -0.3 is 0 Å². The Balaban J connectivity index is 1.70. The Morgan fingerprint density at radius 2 is 1.93 bits per heavy atom. The number of hydrogen-bond acceptors (Lipinski definition) is 2. The molecule has 2 rings (SSSR count). The predicted octanol–water partition coefficient (Wildman–Crippen LogP) is 2.40. The summed E-state index contributed by atoms with van der Waals surface area (Å²) in [6, 6.07) is 0. The molecule has 1 saturated carbocycles. The minimum Gasteiger partial charge on any atom is -0.298 e. The summed E-state index contributed by atoms with van der Waals surface area (Å²) in [5.74, 6) is 0.155. The van der Waals surface area contributed by atoms with Gasteiger partial charge in [0.25, 0.3) is 0 Å². The molecule has 0 N–H and O–H groups in total. The molecule has 0 unspecified atom stereocenters. The van der Waals surface area contributed by atoms with E-state index in [0.717, 1.165) is 6.54 Å². The molecule has 0 amide bonds. The summed E-state index contributed by atoms with van der Waals surface area (Å²) < 4.78 is 0. The minimum absolute atomic E-state index is 0.155. The van der Waals surface area contributed by atoms with Crippen molar-refractivity contribution in [1.82, 2.24) is 4.90 Å². The molecule has 0 aromatic rings. The molecule has 2 aliphatic rings. The number of rotatable bonds is 3. The molecule has 2 heteroatoms. The van der Waals surface area contributed by atoms with E-state index in [9.17, 15) is 4.79 Å². The molecule has 0 bridgehead atoms. The van der Waals surface area contributed by atoms with Crippen LogP contribution in [0.4, 0.5) is 0 Å². The van der Waals surface area contributed by atoms with Crippen LogP contribution < -0.4 is 0 Å². The van der Waals surface area contributed by atoms with Crippen LogP contribution in [0.15, 0.2) is 12.2 Å². The Morgan fingerprint density at radius 1 is 1.27 bits per heavy atom. The van der Waals surface area contributed by atoms with Crippen LogP contribution in [0.1, 0.15) is 39.0 Å². The summed E-state index contributed by atoms with van der Waals surface area (Å²) in [6.07, 6.45) is 10.8. The lowest BCUT2D eigenvalue weighted by atomic mass is 9.69. The average Bonchev–Trinajstić information content (AvgIpc) is 2.16. The smallest absolute Gasteiger partial charge is 0.152 e. The summed E-state index contributed by atoms with van der Waals surface area (Å²) in [6.45, 7) is 5.08. The van der Waals surface area contributed by atoms with Gasteiger partial charge in [-0.1, -0.05) is 25.3 Å². The number of nitrogens with zero attached hydrogens (tertiary/aromatic N) is 1. The molecule has 1 spiro atoms. The monoisotopic (exact) mass is 207 g/mol. The SMILES string of the molecule is CC(=O)/C=C/CN1CC2(CCCCC2)C1. The van der Waals surface area contributed by atoms with Gasteiger partial charge in [0.2, 0.25) is 0 Å². The normalized spacial score (nSPS) is 25.7. The molecule has 0 atom stereocenters. The Morgan fingerprint density at radius 3 is 2.53 bits per heavy atom. The number of ketones is 1. The van der Waals surface area contributed by atoms with Crippen LogP contribution in [0.25, 0.3) is 0 Å². The second-order valence-electron chi connectivity index (χ2n) is 5.24. The summed E-state index contributed by atoms with van der Waals surface area (Å²) in [5, 5.41) is 0. The van der Waals surface area contributed by atoms with E-state index in [1.54, 1.807) is 13.0 Å². The van der Waals surface area contributed by atoms with Crippen molar-refractivity contribution in [3.63, 3.8) is 0 Å². The molecule has 0 aromatic heterocycles. The molecule has 84 valence electrons. The van der Waals surface area contributed by atoms with Gasteiger partial charge >= 0.3 is 0 Å². The minimum atomic E-state index is 0.155. The van der Waals surface area contributed by atoms with Gasteiger partial charge in [-0.2, -0.15) is 0 Å². The van der Waals surface area contributed by atoms with E-state index in [-0.39, 0.29) is 5.78 Å². The van der Waals surface area contributed by atoms with E-state index in [0.29, 0.717) is 5.41 Å². The van der Waals surface area contributed by atoms with E-state index >= 15 is 0 Å². The molecule has 15 heavy (non-hydrogen) atoms. The quantitative estimate of drug-likeness (QED) is 0.662. The summed E-state index contributed by atoms with van der Waals surface area (Å²) in [4.78, 5) is 13.2. The number of carbonyl (C=O) groups is 1. The zero-order valence-electron chi connectivity index (χ0n) is 9.67. The summed E-state index contributed by atoms with van der Waals surface area (Å²) in [7, 11) is 0. The third kappa shape index (κ3) is 2.69. The van der Waals surface area contributed by atoms with Gasteiger partial charge in [0.05, 0.1) is 0 Å². The number of likely N-dealkylation sites (tertiary alicyclic amines) is 1. The van der Waals surface area contributed by atoms with Crippen molar-refractivity contribution < 1.29 is 4.79 Å². The maximum atomic E-state index is 10.7. The van der Waals surface area contributed by atoms with Crippen LogP contribution in [0.5, 0.6) is 0 Å². The van der Waals surface area contributed by atoms with Crippen molar-refractivity contribution in [2.75, 3.05) is 19.6 Å². The fourth-order valence-corrected chi connectivity index (χ4v) is 3.02. The lowest BCUT2D eigenvalue weighted by Gasteiger charge is -2.52. The van der Waals surface area contributed by atoms with Gasteiger partial charge in [-0.3, -0.25) is 9.69 Å². The Labute approximate surface area is 92.3 Å². The Hall–Kier alpha value is -0.630. The third-order valence-electron chi connectivity index (χ3n) is 3.75. The van der Waals surface area contributed by atoms with Crippen LogP contribution in [0, 0.1) is 5.41 Å². The molecule has 0 aromatic carbocycles. The fourth-order valence-electron chi connectivity index (χ4n) is 3.02. The highest BCUT2D eigenvalue weighted by Crippen LogP contribution is 2.43. The van der Waals surface area contributed by atoms with Gasteiger partial charge in [-0.05, 0) is 31.3 Å². The molecular formula is C13H21NO. The molecule has 2 fully saturated rings. The number of carbonyl (C=O) groups excluding carboxylic acids is 1. The highest BCUT2D eigenvalue weighted by Gasteiger charge is 2.42. The van der Waals surface area contributed by atoms with Crippen molar-refractivity contribution in [2.24, 2.45) is 5.41 Å². The zero-order chi connectivity index (χ0) is 10.7. The molecule has 1 aliphatic carbocycles. The maximum Gasteiger partial charge on any atom is 0.152 e. The van der Waals surface area contributed by atoms with Gasteiger partial charge in [0.15, 0.2) is 5.78 Å². The lowest BCUT2D eigenvalue weighted by molar-refractivity contribution is -0.112. The standard InChI is InChI=1S/C13H21NO/c1-12(15)6-5-9-14-10-13(11-14)7-3-2-4-8-13/h5-6H,2-4,7-11H2,1H3/b6-5+. The topological polar surface area (TPSA) is 20.3 Å². The average molecular weight is 207 g/mol. The summed E-state index contributed by atoms with van der Waals surface area (Å²) >= 11 is 0. The first kappa shape index (κ1) is 10.9. The lowest BCUT2D eigenvalue weighted by Crippen LogP contribution is -2.56. The first-order chi connectivity index (χ1) is 7.20. The maximum absolute atomic E-state index is 10.7. The molecular weight excluding hydrogens is 186 g/mol. The van der Waals surface area contributed by atoms with Gasteiger partial charge in [0.1, 0.15) is 0 Å². The molecule has 1 aliphatic heterocycles. The highest BCUT2D eigenvalue weighted by atomic mass is 16.1. The highest BCUT2D eigenvalue weighted by molar-refractivity contribution is 5.87. The fraction of sp³-hybridized carbons (Fsp3) is 0.769. The second kappa shape index (κ2) is 4.48. The van der Waals surface area contributed by atoms with E-state index in [1.807, 2.05) is 6.08 Å². The predicted molar refractivity (Wildman–Crippen MR) is 61.8 cm³/mol. The van der Waals surface area contributed by atoms with Crippen LogP contribution in [0.2, 0.25) is 0 Å². The van der Waals surface area contributed by atoms with Crippen molar-refractivity contribution in [3.8, 4) is 0 Å². The first-order valence-corrected chi connectivity index (χ1v) is 6.10. The Kier molecular flexibility index (Phi) is 3.25. The second-order valence-corrected chi connectivity index (χ2v) is 5.24. The van der Waals surface area contributed by atoms with Crippen molar-refractivity contribution in [2.45, 2.75) is 39.0 Å². The van der Waals surface area contributed by atoms with Crippen LogP contribution in [0.3, 0.4) is 0 Å². The zero-order valence-corrected chi connectivity index (χ0v) is 9.67. The van der Waals surface area contributed by atoms with Crippen LogP contribution in [-0.2, 0) is 4.79 Å². The molecule has 1 heterocycles. The van der Waals surface area contributed by atoms with Gasteiger partial charge in [0, 0.05) is 19.6 Å². The van der Waals surface area contributed by atoms with Crippen LogP contribution >= 0.6 is 0 Å². The number of hydrogen-bond donors (Lipinski definition) is 0.